The molecule has 2 heterocycles. The Balaban J connectivity index is 1.78. The molecule has 0 aliphatic carbocycles. The number of carboxylic acid groups (broad SMARTS) is 1. The van der Waals surface area contributed by atoms with Gasteiger partial charge >= 0.3 is 5.97 Å². The lowest BCUT2D eigenvalue weighted by Crippen LogP contribution is -2.70. The number of amides is 2. The lowest BCUT2D eigenvalue weighted by atomic mass is 9.96. The number of nitrogens with zero attached hydrogens (tertiary/aromatic N) is 1. The van der Waals surface area contributed by atoms with Crippen LogP contribution in [0.4, 0.5) is 8.78 Å². The average Bonchev–Trinajstić information content (AvgIpc) is 2.73. The van der Waals surface area contributed by atoms with Crippen molar-refractivity contribution in [3.8, 4) is 0 Å². The van der Waals surface area contributed by atoms with Crippen LogP contribution in [0.25, 0.3) is 0 Å². The molecule has 1 aromatic rings. The molecule has 2 aliphatic rings. The molecule has 2 amide bonds. The fourth-order valence-electron chi connectivity index (χ4n) is 3.04. The SMILES string of the molecule is CC1(C)S[C@@H]2[C@H](NC(=O)c3ccc(F)cc3F)C(=O)N2[C@H]1C(=O)O. The highest BCUT2D eigenvalue weighted by atomic mass is 32.2. The highest BCUT2D eigenvalue weighted by molar-refractivity contribution is 8.01. The topological polar surface area (TPSA) is 86.7 Å². The van der Waals surface area contributed by atoms with Gasteiger partial charge in [0, 0.05) is 10.8 Å². The lowest BCUT2D eigenvalue weighted by molar-refractivity contribution is -0.159. The third-order valence-electron chi connectivity index (χ3n) is 4.14. The van der Waals surface area contributed by atoms with E-state index in [-0.39, 0.29) is 5.56 Å². The Bertz CT molecular complexity index is 755. The Morgan fingerprint density at radius 2 is 2.00 bits per heavy atom. The molecule has 1 aromatic carbocycles. The Morgan fingerprint density at radius 3 is 2.58 bits per heavy atom. The highest BCUT2D eigenvalue weighted by Crippen LogP contribution is 2.50. The molecular formula is C15H14F2N2O4S. The molecule has 9 heteroatoms. The summed E-state index contributed by atoms with van der Waals surface area (Å²) in [6.07, 6.45) is 0. The Hall–Kier alpha value is -2.16. The van der Waals surface area contributed by atoms with E-state index < -0.39 is 51.6 Å². The van der Waals surface area contributed by atoms with Crippen LogP contribution < -0.4 is 5.32 Å². The Morgan fingerprint density at radius 1 is 1.33 bits per heavy atom. The van der Waals surface area contributed by atoms with Gasteiger partial charge in [-0.15, -0.1) is 11.8 Å². The minimum absolute atomic E-state index is 0.375. The lowest BCUT2D eigenvalue weighted by Gasteiger charge is -2.43. The van der Waals surface area contributed by atoms with Crippen molar-refractivity contribution in [1.29, 1.82) is 0 Å². The fourth-order valence-corrected chi connectivity index (χ4v) is 4.66. The molecule has 2 aliphatic heterocycles. The van der Waals surface area contributed by atoms with E-state index in [9.17, 15) is 28.3 Å². The predicted octanol–water partition coefficient (Wildman–Crippen LogP) is 1.21. The van der Waals surface area contributed by atoms with E-state index in [1.54, 1.807) is 13.8 Å². The second-order valence-corrected chi connectivity index (χ2v) is 7.94. The van der Waals surface area contributed by atoms with Gasteiger partial charge in [-0.1, -0.05) is 0 Å². The number of rotatable bonds is 3. The van der Waals surface area contributed by atoms with Crippen LogP contribution in [0.3, 0.4) is 0 Å². The number of carbonyl (C=O) groups is 3. The molecule has 2 N–H and O–H groups in total. The Labute approximate surface area is 140 Å². The molecule has 6 nitrogen and oxygen atoms in total. The van der Waals surface area contributed by atoms with Gasteiger partial charge in [-0.2, -0.15) is 0 Å². The van der Waals surface area contributed by atoms with Crippen molar-refractivity contribution in [2.45, 2.75) is 36.1 Å². The van der Waals surface area contributed by atoms with E-state index in [1.807, 2.05) is 0 Å². The van der Waals surface area contributed by atoms with Crippen LogP contribution in [-0.4, -0.2) is 50.0 Å². The third-order valence-corrected chi connectivity index (χ3v) is 5.71. The van der Waals surface area contributed by atoms with Crippen molar-refractivity contribution < 1.29 is 28.3 Å². The number of halogens is 2. The molecule has 2 saturated heterocycles. The smallest absolute Gasteiger partial charge is 0.327 e. The number of aliphatic carboxylic acids is 1. The highest BCUT2D eigenvalue weighted by Gasteiger charge is 2.64. The van der Waals surface area contributed by atoms with E-state index in [2.05, 4.69) is 5.32 Å². The van der Waals surface area contributed by atoms with Gasteiger partial charge in [-0.05, 0) is 26.0 Å². The molecule has 0 saturated carbocycles. The first-order chi connectivity index (χ1) is 11.1. The van der Waals surface area contributed by atoms with Crippen LogP contribution in [0.1, 0.15) is 24.2 Å². The molecule has 0 aromatic heterocycles. The van der Waals surface area contributed by atoms with Gasteiger partial charge in [0.25, 0.3) is 5.91 Å². The van der Waals surface area contributed by atoms with Crippen LogP contribution in [-0.2, 0) is 9.59 Å². The minimum Gasteiger partial charge on any atom is -0.480 e. The molecule has 2 fully saturated rings. The number of nitrogens with one attached hydrogen (secondary N) is 1. The van der Waals surface area contributed by atoms with Crippen molar-refractivity contribution >= 4 is 29.5 Å². The van der Waals surface area contributed by atoms with Gasteiger partial charge in [-0.25, -0.2) is 13.6 Å². The summed E-state index contributed by atoms with van der Waals surface area (Å²) in [5.41, 5.74) is -0.375. The number of hydrogen-bond donors (Lipinski definition) is 2. The van der Waals surface area contributed by atoms with Crippen molar-refractivity contribution in [1.82, 2.24) is 10.2 Å². The number of β-lactam (4-membered cyclic amide) rings is 1. The first-order valence-electron chi connectivity index (χ1n) is 7.12. The van der Waals surface area contributed by atoms with Crippen LogP contribution in [0.2, 0.25) is 0 Å². The van der Waals surface area contributed by atoms with Crippen molar-refractivity contribution in [3.05, 3.63) is 35.4 Å². The predicted molar refractivity (Wildman–Crippen MR) is 81.3 cm³/mol. The summed E-state index contributed by atoms with van der Waals surface area (Å²) in [5.74, 6) is -4.33. The van der Waals surface area contributed by atoms with Gasteiger partial charge in [0.05, 0.1) is 5.56 Å². The largest absolute Gasteiger partial charge is 0.480 e. The molecule has 0 radical (unpaired) electrons. The molecule has 3 rings (SSSR count). The van der Waals surface area contributed by atoms with Gasteiger partial charge in [0.15, 0.2) is 0 Å². The third kappa shape index (κ3) is 2.43. The zero-order valence-corrected chi connectivity index (χ0v) is 13.6. The number of thioether (sulfide) groups is 1. The van der Waals surface area contributed by atoms with Gasteiger partial charge in [-0.3, -0.25) is 9.59 Å². The van der Waals surface area contributed by atoms with Crippen molar-refractivity contribution in [3.63, 3.8) is 0 Å². The first-order valence-corrected chi connectivity index (χ1v) is 8.00. The quantitative estimate of drug-likeness (QED) is 0.795. The second-order valence-electron chi connectivity index (χ2n) is 6.17. The van der Waals surface area contributed by atoms with E-state index in [0.717, 1.165) is 12.1 Å². The summed E-state index contributed by atoms with van der Waals surface area (Å²) in [7, 11) is 0. The first kappa shape index (κ1) is 16.7. The van der Waals surface area contributed by atoms with Crippen LogP contribution in [0.5, 0.6) is 0 Å². The van der Waals surface area contributed by atoms with Crippen LogP contribution in [0.15, 0.2) is 18.2 Å². The van der Waals surface area contributed by atoms with Gasteiger partial charge in [0.2, 0.25) is 5.91 Å². The summed E-state index contributed by atoms with van der Waals surface area (Å²) >= 11 is 1.27. The van der Waals surface area contributed by atoms with E-state index in [4.69, 9.17) is 0 Å². The summed E-state index contributed by atoms with van der Waals surface area (Å²) in [5, 5.41) is 11.2. The summed E-state index contributed by atoms with van der Waals surface area (Å²) in [4.78, 5) is 37.0. The zero-order chi connectivity index (χ0) is 17.8. The minimum atomic E-state index is -1.11. The van der Waals surface area contributed by atoms with Crippen molar-refractivity contribution in [2.75, 3.05) is 0 Å². The number of carbonyl (C=O) groups excluding carboxylic acids is 2. The number of benzene rings is 1. The van der Waals surface area contributed by atoms with E-state index in [0.29, 0.717) is 6.07 Å². The fraction of sp³-hybridized carbons (Fsp3) is 0.400. The van der Waals surface area contributed by atoms with Crippen molar-refractivity contribution in [2.24, 2.45) is 0 Å². The van der Waals surface area contributed by atoms with Gasteiger partial charge in [0.1, 0.15) is 29.1 Å². The van der Waals surface area contributed by atoms with E-state index in [1.165, 1.54) is 16.7 Å². The number of fused-ring (bicyclic) bond motifs is 1. The molecule has 24 heavy (non-hydrogen) atoms. The van der Waals surface area contributed by atoms with Crippen LogP contribution >= 0.6 is 11.8 Å². The maximum atomic E-state index is 13.7. The molecule has 0 unspecified atom stereocenters. The monoisotopic (exact) mass is 356 g/mol. The zero-order valence-electron chi connectivity index (χ0n) is 12.7. The second kappa shape index (κ2) is 5.44. The maximum Gasteiger partial charge on any atom is 0.327 e. The average molecular weight is 356 g/mol. The molecule has 3 atom stereocenters. The summed E-state index contributed by atoms with van der Waals surface area (Å²) < 4.78 is 25.8. The summed E-state index contributed by atoms with van der Waals surface area (Å²) in [6.45, 7) is 3.42. The number of carboxylic acids is 1. The maximum absolute atomic E-state index is 13.7. The van der Waals surface area contributed by atoms with E-state index >= 15 is 0 Å². The Kier molecular flexibility index (Phi) is 3.78. The molecule has 0 bridgehead atoms. The normalized spacial score (nSPS) is 27.4. The van der Waals surface area contributed by atoms with Crippen LogP contribution in [0, 0.1) is 11.6 Å². The van der Waals surface area contributed by atoms with Gasteiger partial charge < -0.3 is 15.3 Å². The molecule has 0 spiro atoms. The standard InChI is InChI=1S/C15H14F2N2O4S/c1-15(2)10(14(22)23)19-12(21)9(13(19)24-15)18-11(20)7-4-3-6(16)5-8(7)17/h3-5,9-10,13H,1-2H3,(H,18,20)(H,22,23)/t9-,10+,13-/m1/s1. The molecule has 128 valence electrons. The summed E-state index contributed by atoms with van der Waals surface area (Å²) in [6, 6.07) is 0.594. The molecular weight excluding hydrogens is 342 g/mol. The number of hydrogen-bond acceptors (Lipinski definition) is 4.